The van der Waals surface area contributed by atoms with Gasteiger partial charge in [-0.3, -0.25) is 4.79 Å². The first kappa shape index (κ1) is 14.6. The van der Waals surface area contributed by atoms with Gasteiger partial charge in [0.25, 0.3) is 5.91 Å². The van der Waals surface area contributed by atoms with Crippen LogP contribution in [0, 0.1) is 5.92 Å². The Morgan fingerprint density at radius 2 is 2.19 bits per heavy atom. The number of amides is 1. The monoisotopic (exact) mass is 307 g/mol. The third-order valence-corrected chi connectivity index (χ3v) is 5.75. The number of likely N-dealkylation sites (tertiary alicyclic amines) is 1. The molecule has 1 saturated heterocycles. The molecule has 1 amide bonds. The van der Waals surface area contributed by atoms with Crippen molar-refractivity contribution in [3.05, 3.63) is 21.4 Å². The van der Waals surface area contributed by atoms with Crippen LogP contribution in [0.15, 0.2) is 6.07 Å². The second kappa shape index (κ2) is 5.79. The van der Waals surface area contributed by atoms with E-state index < -0.39 is 6.04 Å². The van der Waals surface area contributed by atoms with E-state index >= 15 is 0 Å². The second-order valence-corrected chi connectivity index (χ2v) is 7.22. The topological polar surface area (TPSA) is 46.6 Å². The lowest BCUT2D eigenvalue weighted by molar-refractivity contribution is -0.145. The maximum atomic E-state index is 12.7. The first-order valence-corrected chi connectivity index (χ1v) is 8.42. The normalized spacial score (nSPS) is 24.8. The van der Waals surface area contributed by atoms with Gasteiger partial charge in [0.15, 0.2) is 0 Å². The summed E-state index contributed by atoms with van der Waals surface area (Å²) < 4.78 is 4.82. The minimum atomic E-state index is -0.402. The zero-order valence-electron chi connectivity index (χ0n) is 12.6. The third-order valence-electron chi connectivity index (χ3n) is 4.53. The lowest BCUT2D eigenvalue weighted by Gasteiger charge is -2.21. The molecule has 4 nitrogen and oxygen atoms in total. The number of aryl methyl sites for hydroxylation is 1. The molecule has 1 aliphatic carbocycles. The summed E-state index contributed by atoms with van der Waals surface area (Å²) in [6.45, 7) is 2.91. The highest BCUT2D eigenvalue weighted by molar-refractivity contribution is 7.14. The number of methoxy groups -OCH3 is 1. The van der Waals surface area contributed by atoms with Gasteiger partial charge in [0.05, 0.1) is 12.0 Å². The molecule has 5 heteroatoms. The van der Waals surface area contributed by atoms with Crippen LogP contribution < -0.4 is 0 Å². The molecule has 114 valence electrons. The number of fused-ring (bicyclic) bond motifs is 1. The van der Waals surface area contributed by atoms with E-state index in [1.807, 2.05) is 6.07 Å². The Labute approximate surface area is 129 Å². The number of ether oxygens (including phenoxy) is 1. The number of carbonyl (C=O) groups excluding carboxylic acids is 2. The summed E-state index contributed by atoms with van der Waals surface area (Å²) in [4.78, 5) is 28.3. The number of hydrogen-bond acceptors (Lipinski definition) is 4. The summed E-state index contributed by atoms with van der Waals surface area (Å²) in [5, 5.41) is 0. The molecular formula is C16H21NO3S. The van der Waals surface area contributed by atoms with Gasteiger partial charge >= 0.3 is 5.97 Å². The average Bonchev–Trinajstić information content (AvgIpc) is 3.11. The smallest absolute Gasteiger partial charge is 0.328 e. The van der Waals surface area contributed by atoms with Crippen LogP contribution in [0.5, 0.6) is 0 Å². The lowest BCUT2D eigenvalue weighted by atomic mass is 9.90. The van der Waals surface area contributed by atoms with Gasteiger partial charge in [-0.25, -0.2) is 4.79 Å². The highest BCUT2D eigenvalue weighted by atomic mass is 32.1. The minimum absolute atomic E-state index is 0.00467. The Kier molecular flexibility index (Phi) is 4.02. The van der Waals surface area contributed by atoms with Gasteiger partial charge in [0.1, 0.15) is 6.04 Å². The van der Waals surface area contributed by atoms with Crippen LogP contribution in [0.3, 0.4) is 0 Å². The first-order chi connectivity index (χ1) is 10.1. The molecule has 1 aliphatic heterocycles. The van der Waals surface area contributed by atoms with Gasteiger partial charge in [-0.2, -0.15) is 0 Å². The fraction of sp³-hybridized carbons (Fsp3) is 0.625. The Bertz CT molecular complexity index is 566. The molecule has 2 unspecified atom stereocenters. The molecule has 0 bridgehead atoms. The average molecular weight is 307 g/mol. The molecule has 2 heterocycles. The number of hydrogen-bond donors (Lipinski definition) is 0. The van der Waals surface area contributed by atoms with Crippen LogP contribution >= 0.6 is 11.3 Å². The van der Waals surface area contributed by atoms with E-state index in [-0.39, 0.29) is 11.9 Å². The number of rotatable bonds is 2. The van der Waals surface area contributed by atoms with Crippen molar-refractivity contribution in [3.8, 4) is 0 Å². The van der Waals surface area contributed by atoms with Crippen LogP contribution in [0.1, 0.15) is 46.3 Å². The quantitative estimate of drug-likeness (QED) is 0.789. The van der Waals surface area contributed by atoms with Crippen molar-refractivity contribution in [3.63, 3.8) is 0 Å². The molecule has 2 atom stereocenters. The maximum Gasteiger partial charge on any atom is 0.328 e. The van der Waals surface area contributed by atoms with Crippen molar-refractivity contribution < 1.29 is 14.3 Å². The fourth-order valence-corrected chi connectivity index (χ4v) is 4.51. The molecule has 2 aliphatic rings. The summed E-state index contributed by atoms with van der Waals surface area (Å²) in [7, 11) is 1.38. The second-order valence-electron chi connectivity index (χ2n) is 6.09. The van der Waals surface area contributed by atoms with Crippen LogP contribution in [0.2, 0.25) is 0 Å². The van der Waals surface area contributed by atoms with Crippen molar-refractivity contribution >= 4 is 23.2 Å². The Balaban J connectivity index is 1.80. The molecule has 3 rings (SSSR count). The lowest BCUT2D eigenvalue weighted by Crippen LogP contribution is -2.40. The highest BCUT2D eigenvalue weighted by Gasteiger charge is 2.36. The molecule has 1 aromatic heterocycles. The van der Waals surface area contributed by atoms with Gasteiger partial charge in [-0.15, -0.1) is 11.3 Å². The van der Waals surface area contributed by atoms with Crippen molar-refractivity contribution in [1.29, 1.82) is 0 Å². The Morgan fingerprint density at radius 1 is 1.38 bits per heavy atom. The molecular weight excluding hydrogens is 286 g/mol. The molecule has 0 aromatic carbocycles. The third kappa shape index (κ3) is 2.71. The van der Waals surface area contributed by atoms with Crippen molar-refractivity contribution in [1.82, 2.24) is 4.90 Å². The maximum absolute atomic E-state index is 12.7. The Morgan fingerprint density at radius 3 is 2.95 bits per heavy atom. The standard InChI is InChI=1S/C16H21NO3S/c1-10-5-6-13-11(8-10)9-14(21-13)15(18)17-7-3-4-12(17)16(19)20-2/h9-10,12H,3-8H2,1-2H3. The number of esters is 1. The predicted octanol–water partition coefficient (Wildman–Crippen LogP) is 2.65. The van der Waals surface area contributed by atoms with Crippen LogP contribution in [0.4, 0.5) is 0 Å². The summed E-state index contributed by atoms with van der Waals surface area (Å²) in [6.07, 6.45) is 4.93. The summed E-state index contributed by atoms with van der Waals surface area (Å²) in [6, 6.07) is 1.64. The highest BCUT2D eigenvalue weighted by Crippen LogP contribution is 2.33. The largest absolute Gasteiger partial charge is 0.467 e. The van der Waals surface area contributed by atoms with E-state index in [2.05, 4.69) is 6.92 Å². The zero-order valence-corrected chi connectivity index (χ0v) is 13.4. The molecule has 0 N–H and O–H groups in total. The predicted molar refractivity (Wildman–Crippen MR) is 81.6 cm³/mol. The van der Waals surface area contributed by atoms with E-state index in [4.69, 9.17) is 4.74 Å². The summed E-state index contributed by atoms with van der Waals surface area (Å²) in [5.74, 6) is 0.399. The van der Waals surface area contributed by atoms with E-state index in [1.165, 1.54) is 24.0 Å². The molecule has 1 aromatic rings. The number of carbonyl (C=O) groups is 2. The van der Waals surface area contributed by atoms with Gasteiger partial charge in [-0.05, 0) is 49.7 Å². The van der Waals surface area contributed by atoms with Crippen LogP contribution in [0.25, 0.3) is 0 Å². The van der Waals surface area contributed by atoms with E-state index in [9.17, 15) is 9.59 Å². The van der Waals surface area contributed by atoms with E-state index in [0.717, 1.165) is 24.1 Å². The number of thiophene rings is 1. The fourth-order valence-electron chi connectivity index (χ4n) is 3.34. The minimum Gasteiger partial charge on any atom is -0.467 e. The summed E-state index contributed by atoms with van der Waals surface area (Å²) >= 11 is 1.61. The molecule has 21 heavy (non-hydrogen) atoms. The number of nitrogens with zero attached hydrogens (tertiary/aromatic N) is 1. The van der Waals surface area contributed by atoms with Gasteiger partial charge in [-0.1, -0.05) is 6.92 Å². The summed E-state index contributed by atoms with van der Waals surface area (Å²) in [5.41, 5.74) is 1.33. The van der Waals surface area contributed by atoms with E-state index in [0.29, 0.717) is 18.9 Å². The van der Waals surface area contributed by atoms with Crippen molar-refractivity contribution in [2.24, 2.45) is 5.92 Å². The first-order valence-electron chi connectivity index (χ1n) is 7.60. The van der Waals surface area contributed by atoms with Gasteiger partial charge in [0.2, 0.25) is 0 Å². The van der Waals surface area contributed by atoms with Crippen molar-refractivity contribution in [2.75, 3.05) is 13.7 Å². The van der Waals surface area contributed by atoms with E-state index in [1.54, 1.807) is 16.2 Å². The SMILES string of the molecule is COC(=O)C1CCCN1C(=O)c1cc2c(s1)CCC(C)C2. The van der Waals surface area contributed by atoms with Crippen molar-refractivity contribution in [2.45, 2.75) is 45.1 Å². The zero-order chi connectivity index (χ0) is 15.0. The van der Waals surface area contributed by atoms with Gasteiger partial charge in [0, 0.05) is 11.4 Å². The van der Waals surface area contributed by atoms with Crippen LogP contribution in [-0.4, -0.2) is 36.5 Å². The molecule has 0 spiro atoms. The van der Waals surface area contributed by atoms with Crippen LogP contribution in [-0.2, 0) is 22.4 Å². The Hall–Kier alpha value is -1.36. The molecule has 1 fully saturated rings. The van der Waals surface area contributed by atoms with Gasteiger partial charge < -0.3 is 9.64 Å². The molecule has 0 saturated carbocycles. The molecule has 0 radical (unpaired) electrons.